The second kappa shape index (κ2) is 5.30. The van der Waals surface area contributed by atoms with E-state index in [9.17, 15) is 5.11 Å². The molecule has 0 amide bonds. The van der Waals surface area contributed by atoms with Gasteiger partial charge in [-0.1, -0.05) is 35.9 Å². The molecular formula is C14H14ClNO. The minimum Gasteiger partial charge on any atom is -0.386 e. The van der Waals surface area contributed by atoms with Crippen LogP contribution >= 0.6 is 11.6 Å². The maximum Gasteiger partial charge on any atom is 0.1000 e. The molecule has 0 saturated carbocycles. The average Bonchev–Trinajstić information content (AvgIpc) is 2.33. The van der Waals surface area contributed by atoms with Crippen LogP contribution in [0.4, 0.5) is 0 Å². The van der Waals surface area contributed by atoms with Crippen LogP contribution in [0.15, 0.2) is 42.6 Å². The maximum atomic E-state index is 10.1. The van der Waals surface area contributed by atoms with Crippen LogP contribution in [0, 0.1) is 6.92 Å². The summed E-state index contributed by atoms with van der Waals surface area (Å²) in [5.41, 5.74) is 2.97. The Hall–Kier alpha value is -1.38. The van der Waals surface area contributed by atoms with Crippen molar-refractivity contribution < 1.29 is 5.11 Å². The highest BCUT2D eigenvalue weighted by Gasteiger charge is 2.10. The van der Waals surface area contributed by atoms with Crippen molar-refractivity contribution in [2.75, 3.05) is 0 Å². The van der Waals surface area contributed by atoms with Crippen LogP contribution in [0.3, 0.4) is 0 Å². The van der Waals surface area contributed by atoms with Crippen LogP contribution in [0.25, 0.3) is 0 Å². The first kappa shape index (κ1) is 12.1. The monoisotopic (exact) mass is 247 g/mol. The zero-order chi connectivity index (χ0) is 12.3. The number of aliphatic hydroxyl groups is 1. The molecule has 0 radical (unpaired) electrons. The summed E-state index contributed by atoms with van der Waals surface area (Å²) in [7, 11) is 0. The molecule has 0 fully saturated rings. The Morgan fingerprint density at radius 1 is 1.24 bits per heavy atom. The van der Waals surface area contributed by atoms with Gasteiger partial charge in [-0.15, -0.1) is 0 Å². The molecule has 0 spiro atoms. The molecule has 0 aliphatic heterocycles. The van der Waals surface area contributed by atoms with Crippen LogP contribution < -0.4 is 0 Å². The molecule has 3 heteroatoms. The zero-order valence-corrected chi connectivity index (χ0v) is 10.4. The quantitative estimate of drug-likeness (QED) is 0.903. The fourth-order valence-corrected chi connectivity index (χ4v) is 1.85. The summed E-state index contributed by atoms with van der Waals surface area (Å²) >= 11 is 5.76. The van der Waals surface area contributed by atoms with Crippen LogP contribution in [0.5, 0.6) is 0 Å². The number of aromatic nitrogens is 1. The molecule has 1 aromatic carbocycles. The van der Waals surface area contributed by atoms with Crippen molar-refractivity contribution in [3.8, 4) is 0 Å². The van der Waals surface area contributed by atoms with E-state index in [2.05, 4.69) is 4.98 Å². The number of rotatable bonds is 3. The highest BCUT2D eigenvalue weighted by atomic mass is 35.5. The van der Waals surface area contributed by atoms with Gasteiger partial charge in [0.2, 0.25) is 0 Å². The summed E-state index contributed by atoms with van der Waals surface area (Å²) in [6, 6.07) is 11.5. The Kier molecular flexibility index (Phi) is 3.77. The summed E-state index contributed by atoms with van der Waals surface area (Å²) in [4.78, 5) is 4.12. The smallest absolute Gasteiger partial charge is 0.1000 e. The lowest BCUT2D eigenvalue weighted by Crippen LogP contribution is -2.04. The molecule has 2 nitrogen and oxygen atoms in total. The van der Waals surface area contributed by atoms with Crippen molar-refractivity contribution in [3.05, 3.63) is 64.4 Å². The molecule has 0 aliphatic carbocycles. The molecule has 1 aromatic heterocycles. The summed E-state index contributed by atoms with van der Waals surface area (Å²) in [6.45, 7) is 2.04. The van der Waals surface area contributed by atoms with Crippen molar-refractivity contribution in [2.24, 2.45) is 0 Å². The van der Waals surface area contributed by atoms with Crippen LogP contribution in [-0.2, 0) is 6.42 Å². The van der Waals surface area contributed by atoms with Crippen molar-refractivity contribution in [2.45, 2.75) is 19.4 Å². The Morgan fingerprint density at radius 3 is 2.65 bits per heavy atom. The number of pyridine rings is 1. The first-order chi connectivity index (χ1) is 8.16. The Labute approximate surface area is 106 Å². The highest BCUT2D eigenvalue weighted by molar-refractivity contribution is 6.30. The van der Waals surface area contributed by atoms with Crippen molar-refractivity contribution in [3.63, 3.8) is 0 Å². The molecule has 2 aromatic rings. The minimum absolute atomic E-state index is 0.571. The van der Waals surface area contributed by atoms with E-state index in [-0.39, 0.29) is 0 Å². The van der Waals surface area contributed by atoms with Gasteiger partial charge in [-0.25, -0.2) is 0 Å². The molecule has 0 aliphatic rings. The van der Waals surface area contributed by atoms with Gasteiger partial charge >= 0.3 is 0 Å². The molecular weight excluding hydrogens is 234 g/mol. The average molecular weight is 248 g/mol. The molecule has 0 saturated heterocycles. The number of halogens is 1. The molecule has 0 bridgehead atoms. The Bertz CT molecular complexity index is 496. The molecule has 2 rings (SSSR count). The van der Waals surface area contributed by atoms with Gasteiger partial charge in [0.25, 0.3) is 0 Å². The normalized spacial score (nSPS) is 12.4. The van der Waals surface area contributed by atoms with E-state index in [1.165, 1.54) is 5.56 Å². The predicted octanol–water partition coefficient (Wildman–Crippen LogP) is 3.32. The highest BCUT2D eigenvalue weighted by Crippen LogP contribution is 2.19. The third-order valence-corrected chi connectivity index (χ3v) is 2.99. The molecule has 1 N–H and O–H groups in total. The lowest BCUT2D eigenvalue weighted by atomic mass is 10.0. The van der Waals surface area contributed by atoms with Gasteiger partial charge in [-0.05, 0) is 30.2 Å². The van der Waals surface area contributed by atoms with Gasteiger partial charge in [0, 0.05) is 12.6 Å². The maximum absolute atomic E-state index is 10.1. The zero-order valence-electron chi connectivity index (χ0n) is 9.60. The first-order valence-electron chi connectivity index (χ1n) is 5.51. The van der Waals surface area contributed by atoms with E-state index < -0.39 is 6.10 Å². The van der Waals surface area contributed by atoms with Crippen molar-refractivity contribution in [1.82, 2.24) is 4.98 Å². The number of hydrogen-bond donors (Lipinski definition) is 1. The van der Waals surface area contributed by atoms with Gasteiger partial charge < -0.3 is 5.11 Å². The number of benzene rings is 1. The number of nitrogens with zero attached hydrogens (tertiary/aromatic N) is 1. The van der Waals surface area contributed by atoms with Gasteiger partial charge in [0.05, 0.1) is 16.8 Å². The Morgan fingerprint density at radius 2 is 2.00 bits per heavy atom. The summed E-state index contributed by atoms with van der Waals surface area (Å²) in [5, 5.41) is 10.7. The van der Waals surface area contributed by atoms with Crippen LogP contribution in [0.1, 0.15) is 22.9 Å². The van der Waals surface area contributed by atoms with Crippen LogP contribution in [0.2, 0.25) is 5.02 Å². The van der Waals surface area contributed by atoms with Crippen molar-refractivity contribution >= 4 is 11.6 Å². The van der Waals surface area contributed by atoms with Gasteiger partial charge in [-0.3, -0.25) is 4.98 Å². The number of hydrogen-bond acceptors (Lipinski definition) is 2. The third kappa shape index (κ3) is 3.05. The second-order valence-corrected chi connectivity index (χ2v) is 4.48. The first-order valence-corrected chi connectivity index (χ1v) is 5.88. The molecule has 1 atom stereocenters. The van der Waals surface area contributed by atoms with E-state index in [0.29, 0.717) is 17.1 Å². The lowest BCUT2D eigenvalue weighted by Gasteiger charge is -2.11. The van der Waals surface area contributed by atoms with E-state index in [1.54, 1.807) is 18.3 Å². The Balaban J connectivity index is 2.14. The fourth-order valence-electron chi connectivity index (χ4n) is 1.74. The molecule has 1 unspecified atom stereocenters. The SMILES string of the molecule is Cc1ccccc1CC(O)c1ccc(Cl)cn1. The second-order valence-electron chi connectivity index (χ2n) is 4.05. The molecule has 1 heterocycles. The van der Waals surface area contributed by atoms with Gasteiger partial charge in [0.1, 0.15) is 0 Å². The summed E-state index contributed by atoms with van der Waals surface area (Å²) in [6.07, 6.45) is 1.53. The lowest BCUT2D eigenvalue weighted by molar-refractivity contribution is 0.173. The van der Waals surface area contributed by atoms with Crippen molar-refractivity contribution in [1.29, 1.82) is 0 Å². The standard InChI is InChI=1S/C14H14ClNO/c1-10-4-2-3-5-11(10)8-14(17)13-7-6-12(15)9-16-13/h2-7,9,14,17H,8H2,1H3. The molecule has 88 valence electrons. The van der Waals surface area contributed by atoms with E-state index in [0.717, 1.165) is 5.56 Å². The van der Waals surface area contributed by atoms with E-state index in [1.807, 2.05) is 31.2 Å². The fraction of sp³-hybridized carbons (Fsp3) is 0.214. The third-order valence-electron chi connectivity index (χ3n) is 2.77. The molecule has 17 heavy (non-hydrogen) atoms. The van der Waals surface area contributed by atoms with Gasteiger partial charge in [-0.2, -0.15) is 0 Å². The summed E-state index contributed by atoms with van der Waals surface area (Å²) < 4.78 is 0. The number of aliphatic hydroxyl groups excluding tert-OH is 1. The van der Waals surface area contributed by atoms with E-state index in [4.69, 9.17) is 11.6 Å². The predicted molar refractivity (Wildman–Crippen MR) is 69.1 cm³/mol. The van der Waals surface area contributed by atoms with E-state index >= 15 is 0 Å². The summed E-state index contributed by atoms with van der Waals surface area (Å²) in [5.74, 6) is 0. The van der Waals surface area contributed by atoms with Gasteiger partial charge in [0.15, 0.2) is 0 Å². The van der Waals surface area contributed by atoms with Crippen LogP contribution in [-0.4, -0.2) is 10.1 Å². The topological polar surface area (TPSA) is 33.1 Å². The number of aryl methyl sites for hydroxylation is 1. The minimum atomic E-state index is -0.589. The largest absolute Gasteiger partial charge is 0.386 e.